The number of hydrogen-bond acceptors (Lipinski definition) is 3. The van der Waals surface area contributed by atoms with Crippen LogP contribution in [-0.2, 0) is 4.79 Å². The van der Waals surface area contributed by atoms with E-state index in [1.807, 2.05) is 12.1 Å². The first-order chi connectivity index (χ1) is 14.0. The summed E-state index contributed by atoms with van der Waals surface area (Å²) < 4.78 is 5.75. The minimum Gasteiger partial charge on any atom is -0.493 e. The number of carbonyl (C=O) groups excluding carboxylic acids is 1. The highest BCUT2D eigenvalue weighted by Crippen LogP contribution is 2.26. The number of carbonyl (C=O) groups is 1. The van der Waals surface area contributed by atoms with Gasteiger partial charge in [-0.05, 0) is 56.7 Å². The van der Waals surface area contributed by atoms with Gasteiger partial charge in [0.1, 0.15) is 5.75 Å². The predicted molar refractivity (Wildman–Crippen MR) is 135 cm³/mol. The quantitative estimate of drug-likeness (QED) is 0.173. The summed E-state index contributed by atoms with van der Waals surface area (Å²) in [5.74, 6) is 2.67. The van der Waals surface area contributed by atoms with E-state index in [4.69, 9.17) is 4.74 Å². The maximum absolute atomic E-state index is 11.8. The first-order valence-corrected chi connectivity index (χ1v) is 11.0. The molecule has 1 amide bonds. The Kier molecular flexibility index (Phi) is 12.8. The molecular weight excluding hydrogens is 491 g/mol. The van der Waals surface area contributed by atoms with E-state index in [1.165, 1.54) is 12.0 Å². The Hall–Kier alpha value is -1.51. The molecule has 1 unspecified atom stereocenters. The number of guanidine groups is 1. The highest BCUT2D eigenvalue weighted by Gasteiger charge is 2.24. The standard InChI is InChI=1S/C23H38N4O2.HI/c1-5-24-23(26-15-7-14-25-22(28)20-8-6-9-20)27-18(4)19-10-12-21(13-11-19)29-16-17(2)3;/h10-13,17-18,20H,5-9,14-16H2,1-4H3,(H,25,28)(H2,24,26,27);1H. The fourth-order valence-corrected chi connectivity index (χ4v) is 3.02. The van der Waals surface area contributed by atoms with E-state index in [0.717, 1.165) is 44.1 Å². The summed E-state index contributed by atoms with van der Waals surface area (Å²) in [6, 6.07) is 8.35. The molecule has 0 saturated heterocycles. The number of nitrogens with zero attached hydrogens (tertiary/aromatic N) is 1. The van der Waals surface area contributed by atoms with Crippen LogP contribution in [0.15, 0.2) is 29.3 Å². The number of amides is 1. The maximum atomic E-state index is 11.8. The van der Waals surface area contributed by atoms with Crippen molar-refractivity contribution in [2.24, 2.45) is 16.8 Å². The van der Waals surface area contributed by atoms with Crippen LogP contribution in [0.2, 0.25) is 0 Å². The van der Waals surface area contributed by atoms with Crippen molar-refractivity contribution in [2.75, 3.05) is 26.2 Å². The molecule has 0 radical (unpaired) electrons. The van der Waals surface area contributed by atoms with Crippen LogP contribution >= 0.6 is 24.0 Å². The molecule has 0 aromatic heterocycles. The Labute approximate surface area is 199 Å². The second kappa shape index (κ2) is 14.5. The zero-order valence-electron chi connectivity index (χ0n) is 18.9. The van der Waals surface area contributed by atoms with Gasteiger partial charge in [0.05, 0.1) is 12.6 Å². The summed E-state index contributed by atoms with van der Waals surface area (Å²) >= 11 is 0. The number of benzene rings is 1. The van der Waals surface area contributed by atoms with Gasteiger partial charge < -0.3 is 20.7 Å². The fraction of sp³-hybridized carbons (Fsp3) is 0.652. The van der Waals surface area contributed by atoms with E-state index in [1.54, 1.807) is 0 Å². The molecule has 7 heteroatoms. The lowest BCUT2D eigenvalue weighted by Gasteiger charge is -2.23. The van der Waals surface area contributed by atoms with E-state index >= 15 is 0 Å². The van der Waals surface area contributed by atoms with E-state index in [9.17, 15) is 4.79 Å². The summed E-state index contributed by atoms with van der Waals surface area (Å²) in [6.07, 6.45) is 4.11. The molecule has 1 saturated carbocycles. The van der Waals surface area contributed by atoms with Crippen LogP contribution in [0.1, 0.15) is 65.0 Å². The first kappa shape index (κ1) is 26.5. The molecule has 1 aliphatic carbocycles. The lowest BCUT2D eigenvalue weighted by molar-refractivity contribution is -0.127. The largest absolute Gasteiger partial charge is 0.493 e. The molecule has 0 aliphatic heterocycles. The van der Waals surface area contributed by atoms with Crippen molar-refractivity contribution in [1.82, 2.24) is 16.0 Å². The lowest BCUT2D eigenvalue weighted by Crippen LogP contribution is -2.39. The van der Waals surface area contributed by atoms with Crippen LogP contribution < -0.4 is 20.7 Å². The van der Waals surface area contributed by atoms with Crippen LogP contribution in [0, 0.1) is 11.8 Å². The SMILES string of the molecule is CCNC(=NCCCNC(=O)C1CCC1)NC(C)c1ccc(OCC(C)C)cc1.I. The Morgan fingerprint density at radius 3 is 2.43 bits per heavy atom. The van der Waals surface area contributed by atoms with Crippen LogP contribution in [0.5, 0.6) is 5.75 Å². The van der Waals surface area contributed by atoms with Crippen molar-refractivity contribution in [3.05, 3.63) is 29.8 Å². The number of nitrogens with one attached hydrogen (secondary N) is 3. The average molecular weight is 530 g/mol. The maximum Gasteiger partial charge on any atom is 0.223 e. The smallest absolute Gasteiger partial charge is 0.223 e. The number of rotatable bonds is 11. The van der Waals surface area contributed by atoms with Gasteiger partial charge >= 0.3 is 0 Å². The van der Waals surface area contributed by atoms with E-state index in [2.05, 4.69) is 60.8 Å². The molecule has 2 rings (SSSR count). The van der Waals surface area contributed by atoms with Gasteiger partial charge in [-0.15, -0.1) is 24.0 Å². The van der Waals surface area contributed by atoms with Gasteiger partial charge in [0.2, 0.25) is 5.91 Å². The summed E-state index contributed by atoms with van der Waals surface area (Å²) in [7, 11) is 0. The highest BCUT2D eigenvalue weighted by atomic mass is 127. The van der Waals surface area contributed by atoms with Crippen LogP contribution in [0.4, 0.5) is 0 Å². The molecule has 30 heavy (non-hydrogen) atoms. The number of aliphatic imine (C=N–C) groups is 1. The third kappa shape index (κ3) is 9.53. The summed E-state index contributed by atoms with van der Waals surface area (Å²) in [5, 5.41) is 9.76. The molecule has 170 valence electrons. The van der Waals surface area contributed by atoms with E-state index in [0.29, 0.717) is 19.0 Å². The Balaban J connectivity index is 0.00000450. The minimum absolute atomic E-state index is 0. The Bertz CT molecular complexity index is 645. The number of hydrogen-bond donors (Lipinski definition) is 3. The van der Waals surface area contributed by atoms with Crippen LogP contribution in [0.25, 0.3) is 0 Å². The van der Waals surface area contributed by atoms with Crippen molar-refractivity contribution in [2.45, 2.75) is 59.4 Å². The fourth-order valence-electron chi connectivity index (χ4n) is 3.02. The lowest BCUT2D eigenvalue weighted by atomic mass is 9.85. The number of halogens is 1. The predicted octanol–water partition coefficient (Wildman–Crippen LogP) is 4.26. The van der Waals surface area contributed by atoms with Crippen molar-refractivity contribution in [1.29, 1.82) is 0 Å². The van der Waals surface area contributed by atoms with Gasteiger partial charge in [0.15, 0.2) is 5.96 Å². The van der Waals surface area contributed by atoms with Gasteiger partial charge in [0.25, 0.3) is 0 Å². The average Bonchev–Trinajstić information content (AvgIpc) is 2.65. The molecule has 0 spiro atoms. The van der Waals surface area contributed by atoms with Crippen molar-refractivity contribution in [3.63, 3.8) is 0 Å². The van der Waals surface area contributed by atoms with Crippen LogP contribution in [0.3, 0.4) is 0 Å². The van der Waals surface area contributed by atoms with E-state index < -0.39 is 0 Å². The molecule has 6 nitrogen and oxygen atoms in total. The zero-order chi connectivity index (χ0) is 21.1. The molecule has 0 heterocycles. The highest BCUT2D eigenvalue weighted by molar-refractivity contribution is 14.0. The Morgan fingerprint density at radius 2 is 1.87 bits per heavy atom. The second-order valence-corrected chi connectivity index (χ2v) is 8.17. The Morgan fingerprint density at radius 1 is 1.17 bits per heavy atom. The molecule has 1 aromatic carbocycles. The first-order valence-electron chi connectivity index (χ1n) is 11.0. The van der Waals surface area contributed by atoms with Gasteiger partial charge in [0, 0.05) is 25.6 Å². The number of ether oxygens (including phenoxy) is 1. The van der Waals surface area contributed by atoms with Gasteiger partial charge in [-0.1, -0.05) is 32.4 Å². The molecule has 0 bridgehead atoms. The molecule has 3 N–H and O–H groups in total. The third-order valence-electron chi connectivity index (χ3n) is 5.04. The van der Waals surface area contributed by atoms with Gasteiger partial charge in [-0.2, -0.15) is 0 Å². The van der Waals surface area contributed by atoms with Crippen LogP contribution in [-0.4, -0.2) is 38.1 Å². The summed E-state index contributed by atoms with van der Waals surface area (Å²) in [5.41, 5.74) is 1.18. The molecule has 1 aliphatic rings. The topological polar surface area (TPSA) is 74.8 Å². The van der Waals surface area contributed by atoms with E-state index in [-0.39, 0.29) is 41.8 Å². The van der Waals surface area contributed by atoms with Gasteiger partial charge in [-0.3, -0.25) is 9.79 Å². The zero-order valence-corrected chi connectivity index (χ0v) is 21.2. The minimum atomic E-state index is 0. The monoisotopic (exact) mass is 530 g/mol. The normalized spacial score (nSPS) is 15.0. The molecule has 1 aromatic rings. The summed E-state index contributed by atoms with van der Waals surface area (Å²) in [6.45, 7) is 11.4. The third-order valence-corrected chi connectivity index (χ3v) is 5.04. The second-order valence-electron chi connectivity index (χ2n) is 8.17. The molecular formula is C23H39IN4O2. The van der Waals surface area contributed by atoms with Gasteiger partial charge in [-0.25, -0.2) is 0 Å². The molecule has 1 atom stereocenters. The van der Waals surface area contributed by atoms with Crippen molar-refractivity contribution >= 4 is 35.8 Å². The summed E-state index contributed by atoms with van der Waals surface area (Å²) in [4.78, 5) is 16.5. The van der Waals surface area contributed by atoms with Crippen molar-refractivity contribution in [3.8, 4) is 5.75 Å². The van der Waals surface area contributed by atoms with Crippen molar-refractivity contribution < 1.29 is 9.53 Å². The molecule has 1 fully saturated rings.